The van der Waals surface area contributed by atoms with E-state index in [1.54, 1.807) is 31.2 Å². The van der Waals surface area contributed by atoms with Crippen molar-refractivity contribution in [1.82, 2.24) is 0 Å². The van der Waals surface area contributed by atoms with Gasteiger partial charge in [-0.3, -0.25) is 0 Å². The van der Waals surface area contributed by atoms with Crippen molar-refractivity contribution in [3.05, 3.63) is 29.8 Å². The van der Waals surface area contributed by atoms with E-state index < -0.39 is 18.7 Å². The van der Waals surface area contributed by atoms with Crippen LogP contribution in [0.3, 0.4) is 0 Å². The van der Waals surface area contributed by atoms with Crippen molar-refractivity contribution in [2.24, 2.45) is 0 Å². The van der Waals surface area contributed by atoms with Crippen molar-refractivity contribution in [1.29, 1.82) is 0 Å². The van der Waals surface area contributed by atoms with Crippen LogP contribution in [0.4, 0.5) is 13.2 Å². The molecule has 1 unspecified atom stereocenters. The second-order valence-corrected chi connectivity index (χ2v) is 4.63. The average molecular weight is 250 g/mol. The first-order chi connectivity index (χ1) is 7.38. The first-order valence-corrected chi connectivity index (χ1v) is 5.84. The maximum Gasteiger partial charge on any atom is 0.389 e. The standard InChI is InChI=1S/C11H13F3OS/c1-8(15)9-2-4-10(5-3-9)16-7-6-11(12,13)14/h2-5,8,15H,6-7H2,1H3. The first-order valence-electron chi connectivity index (χ1n) is 4.86. The third-order valence-electron chi connectivity index (χ3n) is 2.02. The number of benzene rings is 1. The smallest absolute Gasteiger partial charge is 0.389 e. The summed E-state index contributed by atoms with van der Waals surface area (Å²) in [6, 6.07) is 6.90. The fourth-order valence-electron chi connectivity index (χ4n) is 1.13. The van der Waals surface area contributed by atoms with Gasteiger partial charge in [-0.15, -0.1) is 11.8 Å². The van der Waals surface area contributed by atoms with Crippen LogP contribution in [0, 0.1) is 0 Å². The molecule has 0 fully saturated rings. The second-order valence-electron chi connectivity index (χ2n) is 3.46. The van der Waals surface area contributed by atoms with Gasteiger partial charge in [0.1, 0.15) is 0 Å². The zero-order valence-corrected chi connectivity index (χ0v) is 9.61. The Morgan fingerprint density at radius 2 is 1.81 bits per heavy atom. The lowest BCUT2D eigenvalue weighted by Gasteiger charge is -2.07. The molecule has 0 radical (unpaired) electrons. The zero-order valence-electron chi connectivity index (χ0n) is 8.79. The molecule has 0 aliphatic rings. The third-order valence-corrected chi connectivity index (χ3v) is 3.03. The Morgan fingerprint density at radius 1 is 1.25 bits per heavy atom. The normalized spacial score (nSPS) is 13.8. The van der Waals surface area contributed by atoms with Crippen LogP contribution < -0.4 is 0 Å². The summed E-state index contributed by atoms with van der Waals surface area (Å²) in [5.41, 5.74) is 0.764. The summed E-state index contributed by atoms with van der Waals surface area (Å²) in [4.78, 5) is 0.786. The van der Waals surface area contributed by atoms with Crippen molar-refractivity contribution in [3.8, 4) is 0 Å². The Balaban J connectivity index is 2.44. The number of hydrogen-bond acceptors (Lipinski definition) is 2. The van der Waals surface area contributed by atoms with Gasteiger partial charge in [-0.25, -0.2) is 0 Å². The molecule has 16 heavy (non-hydrogen) atoms. The number of rotatable bonds is 4. The molecule has 1 atom stereocenters. The van der Waals surface area contributed by atoms with Crippen molar-refractivity contribution in [2.75, 3.05) is 5.75 Å². The van der Waals surface area contributed by atoms with Gasteiger partial charge in [0.05, 0.1) is 12.5 Å². The fraction of sp³-hybridized carbons (Fsp3) is 0.455. The highest BCUT2D eigenvalue weighted by Crippen LogP contribution is 2.26. The van der Waals surface area contributed by atoms with E-state index in [2.05, 4.69) is 0 Å². The Bertz CT molecular complexity index is 319. The van der Waals surface area contributed by atoms with E-state index in [-0.39, 0.29) is 5.75 Å². The lowest BCUT2D eigenvalue weighted by atomic mass is 10.1. The number of thioether (sulfide) groups is 1. The molecule has 0 aliphatic carbocycles. The van der Waals surface area contributed by atoms with Gasteiger partial charge >= 0.3 is 6.18 Å². The molecule has 0 amide bonds. The number of halogens is 3. The minimum absolute atomic E-state index is 0.0253. The van der Waals surface area contributed by atoms with E-state index in [1.165, 1.54) is 11.8 Å². The maximum absolute atomic E-state index is 11.9. The summed E-state index contributed by atoms with van der Waals surface area (Å²) in [5.74, 6) is 0.0253. The molecule has 0 aliphatic heterocycles. The van der Waals surface area contributed by atoms with Crippen LogP contribution in [0.5, 0.6) is 0 Å². The SMILES string of the molecule is CC(O)c1ccc(SCCC(F)(F)F)cc1. The molecule has 0 saturated carbocycles. The Hall–Kier alpha value is -0.680. The van der Waals surface area contributed by atoms with Crippen LogP contribution in [-0.2, 0) is 0 Å². The summed E-state index contributed by atoms with van der Waals surface area (Å²) in [6.07, 6.45) is -5.42. The molecule has 90 valence electrons. The van der Waals surface area contributed by atoms with Crippen molar-refractivity contribution in [2.45, 2.75) is 30.5 Å². The summed E-state index contributed by atoms with van der Waals surface area (Å²) in [6.45, 7) is 1.64. The first kappa shape index (κ1) is 13.4. The highest BCUT2D eigenvalue weighted by Gasteiger charge is 2.26. The number of aliphatic hydroxyl groups is 1. The molecule has 0 saturated heterocycles. The monoisotopic (exact) mass is 250 g/mol. The highest BCUT2D eigenvalue weighted by molar-refractivity contribution is 7.99. The summed E-state index contributed by atoms with van der Waals surface area (Å²) >= 11 is 1.17. The van der Waals surface area contributed by atoms with Crippen LogP contribution in [0.25, 0.3) is 0 Å². The number of alkyl halides is 3. The topological polar surface area (TPSA) is 20.2 Å². The molecule has 1 N–H and O–H groups in total. The summed E-state index contributed by atoms with van der Waals surface area (Å²) in [5, 5.41) is 9.24. The van der Waals surface area contributed by atoms with Gasteiger partial charge < -0.3 is 5.11 Å². The van der Waals surface area contributed by atoms with Gasteiger partial charge in [0.25, 0.3) is 0 Å². The predicted molar refractivity (Wildman–Crippen MR) is 58.5 cm³/mol. The maximum atomic E-state index is 11.9. The lowest BCUT2D eigenvalue weighted by molar-refractivity contribution is -0.129. The minimum Gasteiger partial charge on any atom is -0.389 e. The zero-order chi connectivity index (χ0) is 12.2. The molecule has 0 spiro atoms. The molecule has 5 heteroatoms. The summed E-state index contributed by atoms with van der Waals surface area (Å²) in [7, 11) is 0. The molecule has 1 aromatic carbocycles. The van der Waals surface area contributed by atoms with E-state index in [4.69, 9.17) is 0 Å². The van der Waals surface area contributed by atoms with Crippen LogP contribution in [0.2, 0.25) is 0 Å². The van der Waals surface area contributed by atoms with E-state index in [1.807, 2.05) is 0 Å². The van der Waals surface area contributed by atoms with Crippen molar-refractivity contribution in [3.63, 3.8) is 0 Å². The van der Waals surface area contributed by atoms with Gasteiger partial charge in [0.15, 0.2) is 0 Å². The molecule has 0 heterocycles. The largest absolute Gasteiger partial charge is 0.389 e. The van der Waals surface area contributed by atoms with Gasteiger partial charge in [0.2, 0.25) is 0 Å². The van der Waals surface area contributed by atoms with Crippen molar-refractivity contribution >= 4 is 11.8 Å². The van der Waals surface area contributed by atoms with Gasteiger partial charge in [-0.2, -0.15) is 13.2 Å². The van der Waals surface area contributed by atoms with Gasteiger partial charge in [-0.1, -0.05) is 12.1 Å². The molecule has 1 rings (SSSR count). The van der Waals surface area contributed by atoms with E-state index in [0.717, 1.165) is 10.5 Å². The molecule has 1 nitrogen and oxygen atoms in total. The molecular formula is C11H13F3OS. The second kappa shape index (κ2) is 5.59. The molecule has 0 bridgehead atoms. The third kappa shape index (κ3) is 4.90. The molecular weight excluding hydrogens is 237 g/mol. The van der Waals surface area contributed by atoms with Crippen molar-refractivity contribution < 1.29 is 18.3 Å². The molecule has 0 aromatic heterocycles. The number of hydrogen-bond donors (Lipinski definition) is 1. The van der Waals surface area contributed by atoms with E-state index in [0.29, 0.717) is 0 Å². The average Bonchev–Trinajstić information content (AvgIpc) is 2.16. The lowest BCUT2D eigenvalue weighted by Crippen LogP contribution is -2.07. The van der Waals surface area contributed by atoms with Crippen LogP contribution >= 0.6 is 11.8 Å². The van der Waals surface area contributed by atoms with Crippen LogP contribution in [0.1, 0.15) is 25.0 Å². The predicted octanol–water partition coefficient (Wildman–Crippen LogP) is 3.78. The van der Waals surface area contributed by atoms with Crippen LogP contribution in [0.15, 0.2) is 29.2 Å². The Labute approximate surface area is 96.7 Å². The number of aliphatic hydroxyl groups excluding tert-OH is 1. The summed E-state index contributed by atoms with van der Waals surface area (Å²) < 4.78 is 35.6. The molecule has 1 aromatic rings. The quantitative estimate of drug-likeness (QED) is 0.820. The fourth-order valence-corrected chi connectivity index (χ4v) is 2.02. The minimum atomic E-state index is -4.09. The highest BCUT2D eigenvalue weighted by atomic mass is 32.2. The Kier molecular flexibility index (Phi) is 4.68. The van der Waals surface area contributed by atoms with E-state index in [9.17, 15) is 18.3 Å². The van der Waals surface area contributed by atoms with Crippen LogP contribution in [-0.4, -0.2) is 17.0 Å². The van der Waals surface area contributed by atoms with E-state index >= 15 is 0 Å². The van der Waals surface area contributed by atoms with Gasteiger partial charge in [0, 0.05) is 10.6 Å². The van der Waals surface area contributed by atoms with Gasteiger partial charge in [-0.05, 0) is 24.6 Å². The Morgan fingerprint density at radius 3 is 2.25 bits per heavy atom.